The quantitative estimate of drug-likeness (QED) is 0.878. The van der Waals surface area contributed by atoms with Crippen LogP contribution in [0.5, 0.6) is 0 Å². The van der Waals surface area contributed by atoms with Crippen LogP contribution in [0, 0.1) is 0 Å². The lowest BCUT2D eigenvalue weighted by molar-refractivity contribution is 0.441. The summed E-state index contributed by atoms with van der Waals surface area (Å²) in [4.78, 5) is 4.40. The van der Waals surface area contributed by atoms with Crippen LogP contribution in [0.1, 0.15) is 37.7 Å². The maximum absolute atomic E-state index is 4.40. The maximum Gasteiger partial charge on any atom is 0.109 e. The molecule has 1 aromatic heterocycles. The van der Waals surface area contributed by atoms with Crippen molar-refractivity contribution in [3.63, 3.8) is 0 Å². The molecule has 0 aromatic carbocycles. The lowest BCUT2D eigenvalue weighted by Crippen LogP contribution is -2.32. The van der Waals surface area contributed by atoms with Crippen LogP contribution < -0.4 is 5.32 Å². The first kappa shape index (κ1) is 11.4. The fourth-order valence-corrected chi connectivity index (χ4v) is 3.93. The second kappa shape index (κ2) is 5.32. The first-order chi connectivity index (χ1) is 7.29. The smallest absolute Gasteiger partial charge is 0.109 e. The third-order valence-corrected chi connectivity index (χ3v) is 5.04. The number of rotatable bonds is 4. The number of nitrogens with one attached hydrogen (secondary N) is 1. The summed E-state index contributed by atoms with van der Waals surface area (Å²) in [5.74, 6) is 1.25. The van der Waals surface area contributed by atoms with E-state index in [0.29, 0.717) is 12.1 Å². The summed E-state index contributed by atoms with van der Waals surface area (Å²) in [5.41, 5.74) is 0. The van der Waals surface area contributed by atoms with Crippen molar-refractivity contribution in [2.24, 2.45) is 0 Å². The van der Waals surface area contributed by atoms with Crippen LogP contribution in [0.15, 0.2) is 11.6 Å². The minimum absolute atomic E-state index is 0.459. The molecular formula is C11H18N2S2. The molecule has 84 valence electrons. The van der Waals surface area contributed by atoms with Gasteiger partial charge < -0.3 is 5.32 Å². The molecule has 0 saturated carbocycles. The molecule has 4 heteroatoms. The summed E-state index contributed by atoms with van der Waals surface area (Å²) in [7, 11) is 0. The lowest BCUT2D eigenvalue weighted by atomic mass is 10.1. The number of hydrogen-bond donors (Lipinski definition) is 1. The summed E-state index contributed by atoms with van der Waals surface area (Å²) in [5, 5.41) is 7.84. The van der Waals surface area contributed by atoms with E-state index in [1.165, 1.54) is 17.2 Å². The molecular weight excluding hydrogens is 224 g/mol. The van der Waals surface area contributed by atoms with Crippen LogP contribution in [0.4, 0.5) is 0 Å². The van der Waals surface area contributed by atoms with E-state index >= 15 is 0 Å². The van der Waals surface area contributed by atoms with Crippen molar-refractivity contribution in [3.8, 4) is 0 Å². The number of thioether (sulfide) groups is 1. The Morgan fingerprint density at radius 3 is 3.07 bits per heavy atom. The third-order valence-electron chi connectivity index (χ3n) is 2.79. The molecule has 1 saturated heterocycles. The Labute approximate surface area is 99.9 Å². The predicted octanol–water partition coefficient (Wildman–Crippen LogP) is 3.08. The molecule has 3 unspecified atom stereocenters. The number of nitrogens with zero attached hydrogens (tertiary/aromatic N) is 1. The molecule has 0 aliphatic carbocycles. The molecule has 2 nitrogen and oxygen atoms in total. The van der Waals surface area contributed by atoms with E-state index < -0.39 is 0 Å². The van der Waals surface area contributed by atoms with Gasteiger partial charge in [0.2, 0.25) is 0 Å². The molecule has 2 rings (SSSR count). The summed E-state index contributed by atoms with van der Waals surface area (Å²) >= 11 is 3.83. The highest BCUT2D eigenvalue weighted by atomic mass is 32.2. The average molecular weight is 242 g/mol. The van der Waals surface area contributed by atoms with Gasteiger partial charge in [-0.15, -0.1) is 11.3 Å². The van der Waals surface area contributed by atoms with E-state index in [-0.39, 0.29) is 0 Å². The molecule has 1 fully saturated rings. The van der Waals surface area contributed by atoms with Crippen molar-refractivity contribution in [2.75, 3.05) is 5.75 Å². The maximum atomic E-state index is 4.40. The Kier molecular flexibility index (Phi) is 4.05. The van der Waals surface area contributed by atoms with Crippen molar-refractivity contribution >= 4 is 23.1 Å². The Hall–Kier alpha value is -0.0600. The Balaban J connectivity index is 1.91. The fraction of sp³-hybridized carbons (Fsp3) is 0.727. The zero-order chi connectivity index (χ0) is 10.7. The second-order valence-corrected chi connectivity index (χ2v) is 6.47. The Morgan fingerprint density at radius 2 is 2.53 bits per heavy atom. The molecule has 1 aliphatic rings. The van der Waals surface area contributed by atoms with Crippen LogP contribution in [0.3, 0.4) is 0 Å². The van der Waals surface area contributed by atoms with Gasteiger partial charge in [0, 0.05) is 28.6 Å². The molecule has 1 aliphatic heterocycles. The highest BCUT2D eigenvalue weighted by Crippen LogP contribution is 2.29. The zero-order valence-electron chi connectivity index (χ0n) is 9.27. The number of hydrogen-bond acceptors (Lipinski definition) is 4. The SMILES string of the molecule is CCC(NC1CSC(C)C1)c1nccs1. The van der Waals surface area contributed by atoms with Gasteiger partial charge in [-0.05, 0) is 12.8 Å². The van der Waals surface area contributed by atoms with Crippen molar-refractivity contribution in [1.82, 2.24) is 10.3 Å². The highest BCUT2D eigenvalue weighted by molar-refractivity contribution is 8.00. The highest BCUT2D eigenvalue weighted by Gasteiger charge is 2.24. The van der Waals surface area contributed by atoms with E-state index in [2.05, 4.69) is 41.3 Å². The standard InChI is InChI=1S/C11H18N2S2/c1-3-10(11-12-4-5-14-11)13-9-6-8(2)15-7-9/h4-5,8-10,13H,3,6-7H2,1-2H3. The topological polar surface area (TPSA) is 24.9 Å². The van der Waals surface area contributed by atoms with Crippen molar-refractivity contribution < 1.29 is 0 Å². The monoisotopic (exact) mass is 242 g/mol. The van der Waals surface area contributed by atoms with Gasteiger partial charge in [0.1, 0.15) is 5.01 Å². The largest absolute Gasteiger partial charge is 0.304 e. The fourth-order valence-electron chi connectivity index (χ4n) is 1.99. The molecule has 0 amide bonds. The summed E-state index contributed by atoms with van der Waals surface area (Å²) in [6.07, 6.45) is 4.33. The van der Waals surface area contributed by atoms with Gasteiger partial charge in [-0.3, -0.25) is 0 Å². The van der Waals surface area contributed by atoms with E-state index in [1.54, 1.807) is 11.3 Å². The van der Waals surface area contributed by atoms with E-state index in [1.807, 2.05) is 6.20 Å². The average Bonchev–Trinajstić information content (AvgIpc) is 2.85. The number of thiazole rings is 1. The molecule has 2 heterocycles. The van der Waals surface area contributed by atoms with Gasteiger partial charge in [-0.1, -0.05) is 13.8 Å². The predicted molar refractivity (Wildman–Crippen MR) is 68.6 cm³/mol. The van der Waals surface area contributed by atoms with E-state index in [4.69, 9.17) is 0 Å². The van der Waals surface area contributed by atoms with Crippen LogP contribution in [0.25, 0.3) is 0 Å². The minimum Gasteiger partial charge on any atom is -0.304 e. The molecule has 1 aromatic rings. The lowest BCUT2D eigenvalue weighted by Gasteiger charge is -2.19. The Bertz CT molecular complexity index is 287. The van der Waals surface area contributed by atoms with Crippen molar-refractivity contribution in [2.45, 2.75) is 44.0 Å². The van der Waals surface area contributed by atoms with Gasteiger partial charge in [0.15, 0.2) is 0 Å². The summed E-state index contributed by atoms with van der Waals surface area (Å²) in [6.45, 7) is 4.54. The molecule has 0 radical (unpaired) electrons. The molecule has 15 heavy (non-hydrogen) atoms. The molecule has 0 bridgehead atoms. The second-order valence-electron chi connectivity index (χ2n) is 4.07. The summed E-state index contributed by atoms with van der Waals surface area (Å²) in [6, 6.07) is 1.14. The van der Waals surface area contributed by atoms with Gasteiger partial charge in [0.25, 0.3) is 0 Å². The van der Waals surface area contributed by atoms with Gasteiger partial charge in [-0.2, -0.15) is 11.8 Å². The molecule has 3 atom stereocenters. The van der Waals surface area contributed by atoms with Gasteiger partial charge in [-0.25, -0.2) is 4.98 Å². The van der Waals surface area contributed by atoms with Gasteiger partial charge in [0.05, 0.1) is 6.04 Å². The van der Waals surface area contributed by atoms with Crippen molar-refractivity contribution in [1.29, 1.82) is 0 Å². The normalized spacial score (nSPS) is 28.1. The summed E-state index contributed by atoms with van der Waals surface area (Å²) < 4.78 is 0. The van der Waals surface area contributed by atoms with Gasteiger partial charge >= 0.3 is 0 Å². The third kappa shape index (κ3) is 2.95. The van der Waals surface area contributed by atoms with Crippen LogP contribution >= 0.6 is 23.1 Å². The van der Waals surface area contributed by atoms with E-state index in [9.17, 15) is 0 Å². The minimum atomic E-state index is 0.459. The molecule has 0 spiro atoms. The molecule has 1 N–H and O–H groups in total. The van der Waals surface area contributed by atoms with E-state index in [0.717, 1.165) is 11.7 Å². The first-order valence-electron chi connectivity index (χ1n) is 5.56. The van der Waals surface area contributed by atoms with Crippen LogP contribution in [-0.4, -0.2) is 22.0 Å². The zero-order valence-corrected chi connectivity index (χ0v) is 10.9. The van der Waals surface area contributed by atoms with Crippen LogP contribution in [0.2, 0.25) is 0 Å². The first-order valence-corrected chi connectivity index (χ1v) is 7.49. The Morgan fingerprint density at radius 1 is 1.67 bits per heavy atom. The van der Waals surface area contributed by atoms with Crippen molar-refractivity contribution in [3.05, 3.63) is 16.6 Å². The van der Waals surface area contributed by atoms with Crippen LogP contribution in [-0.2, 0) is 0 Å². The number of aromatic nitrogens is 1.